The molecule has 0 aromatic heterocycles. The zero-order valence-electron chi connectivity index (χ0n) is 22.7. The van der Waals surface area contributed by atoms with Crippen molar-refractivity contribution < 1.29 is 18.0 Å². The number of nitrogens with one attached hydrogen (secondary N) is 1. The third-order valence-corrected chi connectivity index (χ3v) is 9.00. The van der Waals surface area contributed by atoms with Gasteiger partial charge in [-0.15, -0.1) is 0 Å². The predicted molar refractivity (Wildman–Crippen MR) is 157 cm³/mol. The first kappa shape index (κ1) is 30.5. The first-order valence-electron chi connectivity index (χ1n) is 12.5. The summed E-state index contributed by atoms with van der Waals surface area (Å²) in [5, 5.41) is 3.29. The number of anilines is 1. The Kier molecular flexibility index (Phi) is 10.0. The molecule has 7 nitrogen and oxygen atoms in total. The average molecular weight is 591 g/mol. The minimum absolute atomic E-state index is 0.0346. The van der Waals surface area contributed by atoms with Crippen LogP contribution in [0.1, 0.15) is 35.6 Å². The Balaban J connectivity index is 2.11. The van der Waals surface area contributed by atoms with Gasteiger partial charge in [0.15, 0.2) is 0 Å². The summed E-state index contributed by atoms with van der Waals surface area (Å²) in [6, 6.07) is 16.1. The molecular weight excluding hydrogens is 557 g/mol. The number of nitrogens with zero attached hydrogens (tertiary/aromatic N) is 2. The summed E-state index contributed by atoms with van der Waals surface area (Å²) < 4.78 is 29.1. The molecule has 3 rings (SSSR count). The van der Waals surface area contributed by atoms with Gasteiger partial charge in [0.1, 0.15) is 12.6 Å². The second-order valence-electron chi connectivity index (χ2n) is 9.42. The third kappa shape index (κ3) is 7.12. The lowest BCUT2D eigenvalue weighted by atomic mass is 10.1. The molecule has 0 unspecified atom stereocenters. The maximum atomic E-state index is 14.0. The van der Waals surface area contributed by atoms with E-state index in [1.807, 2.05) is 26.0 Å². The van der Waals surface area contributed by atoms with E-state index in [0.717, 1.165) is 15.4 Å². The molecule has 0 aliphatic rings. The highest BCUT2D eigenvalue weighted by Crippen LogP contribution is 2.29. The molecule has 0 saturated carbocycles. The van der Waals surface area contributed by atoms with Crippen LogP contribution in [-0.2, 0) is 26.2 Å². The predicted octanol–water partition coefficient (Wildman–Crippen LogP) is 5.67. The molecule has 0 aliphatic carbocycles. The van der Waals surface area contributed by atoms with Gasteiger partial charge in [0, 0.05) is 13.6 Å². The summed E-state index contributed by atoms with van der Waals surface area (Å²) in [5.41, 5.74) is 3.49. The van der Waals surface area contributed by atoms with E-state index in [1.54, 1.807) is 50.2 Å². The summed E-state index contributed by atoms with van der Waals surface area (Å²) in [6.07, 6.45) is 0.320. The standard InChI is InChI=1S/C29H33Cl2N3O4S/c1-6-26(29(36)32-5)33(17-22-11-14-24(30)25(31)16-22)28(35)18-34(27-15-20(3)7-10-21(27)4)39(37,38)23-12-8-19(2)9-13-23/h7-16,26H,6,17-18H2,1-5H3,(H,32,36)/t26-/m0/s1. The van der Waals surface area contributed by atoms with Crippen LogP contribution in [0.4, 0.5) is 5.69 Å². The van der Waals surface area contributed by atoms with E-state index in [4.69, 9.17) is 23.2 Å². The van der Waals surface area contributed by atoms with E-state index in [0.29, 0.717) is 33.3 Å². The van der Waals surface area contributed by atoms with Gasteiger partial charge in [-0.05, 0) is 74.2 Å². The smallest absolute Gasteiger partial charge is 0.264 e. The van der Waals surface area contributed by atoms with Gasteiger partial charge < -0.3 is 10.2 Å². The van der Waals surface area contributed by atoms with E-state index in [1.165, 1.54) is 24.1 Å². The molecule has 1 N–H and O–H groups in total. The number of likely N-dealkylation sites (N-methyl/N-ethyl adjacent to an activating group) is 1. The Bertz CT molecular complexity index is 1460. The Morgan fingerprint density at radius 2 is 1.54 bits per heavy atom. The molecule has 0 heterocycles. The number of aryl methyl sites for hydroxylation is 3. The summed E-state index contributed by atoms with van der Waals surface area (Å²) in [5.74, 6) is -0.890. The molecular formula is C29H33Cl2N3O4S. The number of hydrogen-bond acceptors (Lipinski definition) is 4. The van der Waals surface area contributed by atoms with Crippen molar-refractivity contribution in [3.63, 3.8) is 0 Å². The van der Waals surface area contributed by atoms with Gasteiger partial charge in [0.2, 0.25) is 11.8 Å². The molecule has 3 aromatic rings. The van der Waals surface area contributed by atoms with Crippen LogP contribution in [-0.4, -0.2) is 44.8 Å². The number of halogens is 2. The Morgan fingerprint density at radius 1 is 0.897 bits per heavy atom. The van der Waals surface area contributed by atoms with Crippen LogP contribution in [0.15, 0.2) is 65.6 Å². The summed E-state index contributed by atoms with van der Waals surface area (Å²) in [4.78, 5) is 28.3. The van der Waals surface area contributed by atoms with Crippen LogP contribution in [0.25, 0.3) is 0 Å². The van der Waals surface area contributed by atoms with Crippen LogP contribution in [0.2, 0.25) is 10.0 Å². The maximum Gasteiger partial charge on any atom is 0.264 e. The SMILES string of the molecule is CC[C@@H](C(=O)NC)N(Cc1ccc(Cl)c(Cl)c1)C(=O)CN(c1cc(C)ccc1C)S(=O)(=O)c1ccc(C)cc1. The first-order chi connectivity index (χ1) is 18.4. The van der Waals surface area contributed by atoms with Gasteiger partial charge in [0.05, 0.1) is 20.6 Å². The number of carbonyl (C=O) groups excluding carboxylic acids is 2. The van der Waals surface area contributed by atoms with Crippen LogP contribution in [0.5, 0.6) is 0 Å². The van der Waals surface area contributed by atoms with Gasteiger partial charge in [-0.1, -0.05) is 66.0 Å². The van der Waals surface area contributed by atoms with Crippen molar-refractivity contribution in [2.45, 2.75) is 51.6 Å². The van der Waals surface area contributed by atoms with Crippen molar-refractivity contribution >= 4 is 50.7 Å². The summed E-state index contributed by atoms with van der Waals surface area (Å²) >= 11 is 12.3. The zero-order chi connectivity index (χ0) is 28.9. The summed E-state index contributed by atoms with van der Waals surface area (Å²) in [7, 11) is -2.64. The fourth-order valence-electron chi connectivity index (χ4n) is 4.26. The van der Waals surface area contributed by atoms with Gasteiger partial charge in [-0.25, -0.2) is 8.42 Å². The van der Waals surface area contributed by atoms with Crippen molar-refractivity contribution in [2.24, 2.45) is 0 Å². The van der Waals surface area contributed by atoms with Crippen LogP contribution in [0.3, 0.4) is 0 Å². The second-order valence-corrected chi connectivity index (χ2v) is 12.1. The lowest BCUT2D eigenvalue weighted by Crippen LogP contribution is -2.51. The van der Waals surface area contributed by atoms with E-state index in [9.17, 15) is 18.0 Å². The average Bonchev–Trinajstić information content (AvgIpc) is 2.90. The quantitative estimate of drug-likeness (QED) is 0.330. The normalized spacial score (nSPS) is 12.1. The van der Waals surface area contributed by atoms with E-state index in [-0.39, 0.29) is 17.3 Å². The van der Waals surface area contributed by atoms with Gasteiger partial charge >= 0.3 is 0 Å². The fourth-order valence-corrected chi connectivity index (χ4v) is 6.05. The third-order valence-electron chi connectivity index (χ3n) is 6.49. The molecule has 0 aliphatic heterocycles. The molecule has 39 heavy (non-hydrogen) atoms. The topological polar surface area (TPSA) is 86.8 Å². The van der Waals surface area contributed by atoms with Gasteiger partial charge in [-0.3, -0.25) is 13.9 Å². The molecule has 0 saturated heterocycles. The molecule has 0 fully saturated rings. The van der Waals surface area contributed by atoms with Gasteiger partial charge in [0.25, 0.3) is 10.0 Å². The number of carbonyl (C=O) groups is 2. The van der Waals surface area contributed by atoms with Crippen LogP contribution in [0, 0.1) is 20.8 Å². The van der Waals surface area contributed by atoms with Crippen molar-refractivity contribution in [1.29, 1.82) is 0 Å². The minimum atomic E-state index is -4.14. The van der Waals surface area contributed by atoms with Crippen molar-refractivity contribution in [2.75, 3.05) is 17.9 Å². The molecule has 0 spiro atoms. The Morgan fingerprint density at radius 3 is 2.13 bits per heavy atom. The van der Waals surface area contributed by atoms with Crippen LogP contribution < -0.4 is 9.62 Å². The largest absolute Gasteiger partial charge is 0.357 e. The molecule has 1 atom stereocenters. The van der Waals surface area contributed by atoms with Gasteiger partial charge in [-0.2, -0.15) is 0 Å². The Labute approximate surface area is 240 Å². The maximum absolute atomic E-state index is 14.0. The minimum Gasteiger partial charge on any atom is -0.357 e. The number of sulfonamides is 1. The monoisotopic (exact) mass is 589 g/mol. The van der Waals surface area contributed by atoms with Crippen molar-refractivity contribution in [1.82, 2.24) is 10.2 Å². The number of rotatable bonds is 10. The highest BCUT2D eigenvalue weighted by Gasteiger charge is 2.34. The number of benzene rings is 3. The lowest BCUT2D eigenvalue weighted by molar-refractivity contribution is -0.140. The Hall–Kier alpha value is -3.07. The van der Waals surface area contributed by atoms with Crippen molar-refractivity contribution in [3.8, 4) is 0 Å². The van der Waals surface area contributed by atoms with E-state index >= 15 is 0 Å². The first-order valence-corrected chi connectivity index (χ1v) is 14.7. The molecule has 3 aromatic carbocycles. The van der Waals surface area contributed by atoms with Crippen LogP contribution >= 0.6 is 23.2 Å². The molecule has 2 amide bonds. The van der Waals surface area contributed by atoms with Crippen molar-refractivity contribution in [3.05, 3.63) is 93.0 Å². The van der Waals surface area contributed by atoms with E-state index in [2.05, 4.69) is 5.32 Å². The van der Waals surface area contributed by atoms with E-state index < -0.39 is 28.5 Å². The molecule has 10 heteroatoms. The summed E-state index contributed by atoms with van der Waals surface area (Å²) in [6.45, 7) is 6.84. The highest BCUT2D eigenvalue weighted by molar-refractivity contribution is 7.92. The molecule has 208 valence electrons. The molecule has 0 radical (unpaired) electrons. The highest BCUT2D eigenvalue weighted by atomic mass is 35.5. The lowest BCUT2D eigenvalue weighted by Gasteiger charge is -2.33. The zero-order valence-corrected chi connectivity index (χ0v) is 25.0. The second kappa shape index (κ2) is 12.9. The molecule has 0 bridgehead atoms. The number of amides is 2. The fraction of sp³-hybridized carbons (Fsp3) is 0.310. The number of hydrogen-bond donors (Lipinski definition) is 1.